The second-order valence-electron chi connectivity index (χ2n) is 4.74. The van der Waals surface area contributed by atoms with Crippen LogP contribution < -0.4 is 5.32 Å². The third-order valence-corrected chi connectivity index (χ3v) is 4.60. The zero-order valence-electron chi connectivity index (χ0n) is 12.8. The van der Waals surface area contributed by atoms with Crippen molar-refractivity contribution >= 4 is 21.9 Å². The Labute approximate surface area is 130 Å². The Balaban J connectivity index is 2.67. The van der Waals surface area contributed by atoms with Gasteiger partial charge >= 0.3 is 5.97 Å². The minimum atomic E-state index is -3.54. The second kappa shape index (κ2) is 7.90. The maximum Gasteiger partial charge on any atom is 0.338 e. The highest BCUT2D eigenvalue weighted by Gasteiger charge is 2.18. The lowest BCUT2D eigenvalue weighted by molar-refractivity contribution is -0.124. The number of nitrogens with one attached hydrogen (secondary N) is 1. The molecule has 0 aromatic heterocycles. The van der Waals surface area contributed by atoms with Crippen LogP contribution in [0.25, 0.3) is 0 Å². The molecule has 0 heterocycles. The fraction of sp³-hybridized carbons (Fsp3) is 0.429. The van der Waals surface area contributed by atoms with Crippen molar-refractivity contribution in [1.82, 2.24) is 9.62 Å². The smallest absolute Gasteiger partial charge is 0.338 e. The Morgan fingerprint density at radius 1 is 1.18 bits per heavy atom. The molecule has 0 aliphatic rings. The monoisotopic (exact) mass is 328 g/mol. The molecule has 0 radical (unpaired) electrons. The molecule has 0 aliphatic carbocycles. The van der Waals surface area contributed by atoms with Crippen molar-refractivity contribution in [2.45, 2.75) is 18.2 Å². The molecule has 122 valence electrons. The summed E-state index contributed by atoms with van der Waals surface area (Å²) >= 11 is 0. The van der Waals surface area contributed by atoms with E-state index in [1.807, 2.05) is 6.92 Å². The fourth-order valence-electron chi connectivity index (χ4n) is 1.50. The third-order valence-electron chi connectivity index (χ3n) is 2.78. The largest absolute Gasteiger partial charge is 0.452 e. The lowest BCUT2D eigenvalue weighted by Gasteiger charge is -2.11. The van der Waals surface area contributed by atoms with Crippen LogP contribution in [0, 0.1) is 0 Å². The van der Waals surface area contributed by atoms with Crippen LogP contribution >= 0.6 is 0 Å². The first-order valence-corrected chi connectivity index (χ1v) is 8.19. The van der Waals surface area contributed by atoms with Crippen molar-refractivity contribution in [3.63, 3.8) is 0 Å². The average molecular weight is 328 g/mol. The van der Waals surface area contributed by atoms with E-state index in [9.17, 15) is 18.0 Å². The van der Waals surface area contributed by atoms with Crippen LogP contribution in [-0.4, -0.2) is 51.8 Å². The number of sulfonamides is 1. The number of nitrogens with zero attached hydrogens (tertiary/aromatic N) is 1. The maximum absolute atomic E-state index is 11.9. The van der Waals surface area contributed by atoms with Gasteiger partial charge in [-0.2, -0.15) is 0 Å². The summed E-state index contributed by atoms with van der Waals surface area (Å²) in [5.74, 6) is -1.05. The molecule has 22 heavy (non-hydrogen) atoms. The molecule has 0 saturated carbocycles. The Morgan fingerprint density at radius 3 is 2.27 bits per heavy atom. The zero-order valence-corrected chi connectivity index (χ0v) is 13.6. The van der Waals surface area contributed by atoms with E-state index in [2.05, 4.69) is 5.32 Å². The normalized spacial score (nSPS) is 11.3. The molecule has 1 aromatic rings. The molecule has 0 fully saturated rings. The summed E-state index contributed by atoms with van der Waals surface area (Å²) in [6, 6.07) is 5.34. The second-order valence-corrected chi connectivity index (χ2v) is 6.89. The Bertz CT molecular complexity index is 623. The minimum absolute atomic E-state index is 0.0785. The van der Waals surface area contributed by atoms with Crippen molar-refractivity contribution in [3.05, 3.63) is 29.8 Å². The predicted molar refractivity (Wildman–Crippen MR) is 80.9 cm³/mol. The van der Waals surface area contributed by atoms with Crippen molar-refractivity contribution in [1.29, 1.82) is 0 Å². The number of hydrogen-bond acceptors (Lipinski definition) is 5. The van der Waals surface area contributed by atoms with Crippen LogP contribution in [0.15, 0.2) is 29.2 Å². The first-order valence-electron chi connectivity index (χ1n) is 6.75. The van der Waals surface area contributed by atoms with Gasteiger partial charge in [-0.25, -0.2) is 17.5 Å². The van der Waals surface area contributed by atoms with Gasteiger partial charge in [0, 0.05) is 20.6 Å². The van der Waals surface area contributed by atoms with E-state index in [-0.39, 0.29) is 23.0 Å². The molecule has 8 heteroatoms. The molecule has 1 rings (SSSR count). The van der Waals surface area contributed by atoms with E-state index in [0.717, 1.165) is 10.7 Å². The Hall–Kier alpha value is -1.93. The summed E-state index contributed by atoms with van der Waals surface area (Å²) in [5, 5.41) is 2.58. The molecular formula is C14H20N2O5S. The summed E-state index contributed by atoms with van der Waals surface area (Å²) in [7, 11) is -0.692. The quantitative estimate of drug-likeness (QED) is 0.741. The van der Waals surface area contributed by atoms with Gasteiger partial charge in [-0.3, -0.25) is 4.79 Å². The Morgan fingerprint density at radius 2 is 1.77 bits per heavy atom. The molecule has 0 unspecified atom stereocenters. The van der Waals surface area contributed by atoms with Crippen molar-refractivity contribution < 1.29 is 22.7 Å². The van der Waals surface area contributed by atoms with Crippen molar-refractivity contribution in [3.8, 4) is 0 Å². The molecular weight excluding hydrogens is 308 g/mol. The van der Waals surface area contributed by atoms with Gasteiger partial charge in [0.2, 0.25) is 10.0 Å². The van der Waals surface area contributed by atoms with Gasteiger partial charge in [-0.05, 0) is 30.7 Å². The third kappa shape index (κ3) is 4.81. The molecule has 1 aromatic carbocycles. The van der Waals surface area contributed by atoms with Crippen LogP contribution in [-0.2, 0) is 19.6 Å². The van der Waals surface area contributed by atoms with Gasteiger partial charge in [0.25, 0.3) is 5.91 Å². The number of hydrogen-bond donors (Lipinski definition) is 1. The van der Waals surface area contributed by atoms with Crippen LogP contribution in [0.2, 0.25) is 0 Å². The number of ether oxygens (including phenoxy) is 1. The molecule has 0 spiro atoms. The van der Waals surface area contributed by atoms with E-state index in [0.29, 0.717) is 6.54 Å². The Kier molecular flexibility index (Phi) is 6.51. The SMILES string of the molecule is CCCNC(=O)COC(=O)c1ccc(S(=O)(=O)N(C)C)cc1. The summed E-state index contributed by atoms with van der Waals surface area (Å²) in [6.45, 7) is 2.07. The number of benzene rings is 1. The van der Waals surface area contributed by atoms with E-state index in [1.165, 1.54) is 38.4 Å². The number of rotatable bonds is 7. The molecule has 0 atom stereocenters. The van der Waals surface area contributed by atoms with Crippen molar-refractivity contribution in [2.24, 2.45) is 0 Å². The topological polar surface area (TPSA) is 92.8 Å². The van der Waals surface area contributed by atoms with E-state index in [1.54, 1.807) is 0 Å². The fourth-order valence-corrected chi connectivity index (χ4v) is 2.41. The number of amides is 1. The van der Waals surface area contributed by atoms with Crippen LogP contribution in [0.1, 0.15) is 23.7 Å². The van der Waals surface area contributed by atoms with Gasteiger partial charge in [0.15, 0.2) is 6.61 Å². The van der Waals surface area contributed by atoms with Gasteiger partial charge in [0.05, 0.1) is 10.5 Å². The molecule has 1 amide bonds. The van der Waals surface area contributed by atoms with Gasteiger partial charge in [-0.15, -0.1) is 0 Å². The van der Waals surface area contributed by atoms with Gasteiger partial charge < -0.3 is 10.1 Å². The lowest BCUT2D eigenvalue weighted by Crippen LogP contribution is -2.29. The highest BCUT2D eigenvalue weighted by molar-refractivity contribution is 7.89. The molecule has 1 N–H and O–H groups in total. The van der Waals surface area contributed by atoms with Gasteiger partial charge in [-0.1, -0.05) is 6.92 Å². The number of esters is 1. The van der Waals surface area contributed by atoms with Gasteiger partial charge in [0.1, 0.15) is 0 Å². The highest BCUT2D eigenvalue weighted by atomic mass is 32.2. The number of carbonyl (C=O) groups excluding carboxylic acids is 2. The summed E-state index contributed by atoms with van der Waals surface area (Å²) in [6.07, 6.45) is 0.793. The van der Waals surface area contributed by atoms with E-state index < -0.39 is 16.0 Å². The summed E-state index contributed by atoms with van der Waals surface area (Å²) < 4.78 is 29.7. The standard InChI is InChI=1S/C14H20N2O5S/c1-4-9-15-13(17)10-21-14(18)11-5-7-12(8-6-11)22(19,20)16(2)3/h5-8H,4,9-10H2,1-3H3,(H,15,17). The average Bonchev–Trinajstić information content (AvgIpc) is 2.50. The number of carbonyl (C=O) groups is 2. The van der Waals surface area contributed by atoms with E-state index in [4.69, 9.17) is 4.74 Å². The summed E-state index contributed by atoms with van der Waals surface area (Å²) in [4.78, 5) is 23.2. The molecule has 0 bridgehead atoms. The minimum Gasteiger partial charge on any atom is -0.452 e. The first kappa shape index (κ1) is 18.1. The zero-order chi connectivity index (χ0) is 16.8. The van der Waals surface area contributed by atoms with Crippen LogP contribution in [0.4, 0.5) is 0 Å². The predicted octanol–water partition coefficient (Wildman–Crippen LogP) is 0.620. The molecule has 0 aliphatic heterocycles. The highest BCUT2D eigenvalue weighted by Crippen LogP contribution is 2.14. The van der Waals surface area contributed by atoms with Crippen LogP contribution in [0.3, 0.4) is 0 Å². The van der Waals surface area contributed by atoms with E-state index >= 15 is 0 Å². The molecule has 0 saturated heterocycles. The maximum atomic E-state index is 11.9. The summed E-state index contributed by atoms with van der Waals surface area (Å²) in [5.41, 5.74) is 0.181. The molecule has 7 nitrogen and oxygen atoms in total. The first-order chi connectivity index (χ1) is 10.3. The van der Waals surface area contributed by atoms with Crippen molar-refractivity contribution in [2.75, 3.05) is 27.2 Å². The van der Waals surface area contributed by atoms with Crippen LogP contribution in [0.5, 0.6) is 0 Å². The lowest BCUT2D eigenvalue weighted by atomic mass is 10.2.